The number of likely N-dealkylation sites (tertiary alicyclic amines) is 1. The smallest absolute Gasteiger partial charge is 0.225 e. The quantitative estimate of drug-likeness (QED) is 0.922. The van der Waals surface area contributed by atoms with Crippen molar-refractivity contribution >= 4 is 11.8 Å². The Hall–Kier alpha value is -1.91. The maximum atomic E-state index is 12.4. The van der Waals surface area contributed by atoms with Gasteiger partial charge in [-0.3, -0.25) is 14.6 Å². The molecule has 5 heteroatoms. The third kappa shape index (κ3) is 3.54. The molecule has 1 fully saturated rings. The van der Waals surface area contributed by atoms with Crippen molar-refractivity contribution in [3.63, 3.8) is 0 Å². The van der Waals surface area contributed by atoms with E-state index < -0.39 is 0 Å². The molecule has 1 N–H and O–H groups in total. The third-order valence-electron chi connectivity index (χ3n) is 4.88. The second kappa shape index (κ2) is 6.69. The predicted octanol–water partition coefficient (Wildman–Crippen LogP) is 1.83. The number of hydrogen-bond acceptors (Lipinski definition) is 3. The molecule has 1 aliphatic carbocycles. The summed E-state index contributed by atoms with van der Waals surface area (Å²) >= 11 is 0. The van der Waals surface area contributed by atoms with Gasteiger partial charge in [0.1, 0.15) is 0 Å². The molecule has 0 aromatic carbocycles. The number of carbonyl (C=O) groups is 2. The number of aryl methyl sites for hydroxylation is 2. The van der Waals surface area contributed by atoms with E-state index in [0.29, 0.717) is 25.9 Å². The second-order valence-corrected chi connectivity index (χ2v) is 6.90. The second-order valence-electron chi connectivity index (χ2n) is 6.90. The lowest BCUT2D eigenvalue weighted by molar-refractivity contribution is -0.140. The first-order chi connectivity index (χ1) is 11.0. The zero-order chi connectivity index (χ0) is 16.4. The van der Waals surface area contributed by atoms with Gasteiger partial charge in [-0.2, -0.15) is 0 Å². The Labute approximate surface area is 137 Å². The van der Waals surface area contributed by atoms with E-state index in [4.69, 9.17) is 0 Å². The van der Waals surface area contributed by atoms with Crippen molar-refractivity contribution in [2.75, 3.05) is 6.54 Å². The summed E-state index contributed by atoms with van der Waals surface area (Å²) in [4.78, 5) is 30.6. The van der Waals surface area contributed by atoms with Gasteiger partial charge in [-0.15, -0.1) is 0 Å². The number of piperidine rings is 1. The summed E-state index contributed by atoms with van der Waals surface area (Å²) in [5.74, 6) is 0.105. The SMILES string of the molecule is CC(C)N1CC(C(=O)NCc2cnc3c(c2)CCC3)CCC1=O. The fourth-order valence-corrected chi connectivity index (χ4v) is 3.49. The van der Waals surface area contributed by atoms with Gasteiger partial charge >= 0.3 is 0 Å². The summed E-state index contributed by atoms with van der Waals surface area (Å²) in [5.41, 5.74) is 3.59. The van der Waals surface area contributed by atoms with Crippen molar-refractivity contribution < 1.29 is 9.59 Å². The molecule has 2 aliphatic rings. The van der Waals surface area contributed by atoms with E-state index in [-0.39, 0.29) is 23.8 Å². The molecule has 1 aliphatic heterocycles. The molecule has 1 saturated heterocycles. The molecule has 5 nitrogen and oxygen atoms in total. The van der Waals surface area contributed by atoms with E-state index in [1.165, 1.54) is 17.7 Å². The van der Waals surface area contributed by atoms with E-state index >= 15 is 0 Å². The highest BCUT2D eigenvalue weighted by Gasteiger charge is 2.31. The number of pyridine rings is 1. The van der Waals surface area contributed by atoms with Gasteiger partial charge in [-0.25, -0.2) is 0 Å². The molecular weight excluding hydrogens is 290 g/mol. The monoisotopic (exact) mass is 315 g/mol. The van der Waals surface area contributed by atoms with Crippen LogP contribution in [0.4, 0.5) is 0 Å². The Bertz CT molecular complexity index is 612. The predicted molar refractivity (Wildman–Crippen MR) is 87.7 cm³/mol. The number of fused-ring (bicyclic) bond motifs is 1. The first kappa shape index (κ1) is 16.0. The molecule has 0 spiro atoms. The van der Waals surface area contributed by atoms with Crippen LogP contribution in [0.25, 0.3) is 0 Å². The maximum Gasteiger partial charge on any atom is 0.225 e. The highest BCUT2D eigenvalue weighted by atomic mass is 16.2. The van der Waals surface area contributed by atoms with Crippen LogP contribution in [0.3, 0.4) is 0 Å². The first-order valence-corrected chi connectivity index (χ1v) is 8.58. The number of rotatable bonds is 4. The number of aromatic nitrogens is 1. The Morgan fingerprint density at radius 2 is 2.22 bits per heavy atom. The number of carbonyl (C=O) groups excluding carboxylic acids is 2. The number of nitrogens with zero attached hydrogens (tertiary/aromatic N) is 2. The highest BCUT2D eigenvalue weighted by Crippen LogP contribution is 2.21. The fraction of sp³-hybridized carbons (Fsp3) is 0.611. The number of amides is 2. The van der Waals surface area contributed by atoms with Crippen LogP contribution in [0, 0.1) is 5.92 Å². The van der Waals surface area contributed by atoms with Gasteiger partial charge in [-0.1, -0.05) is 6.07 Å². The summed E-state index contributed by atoms with van der Waals surface area (Å²) in [6.45, 7) is 5.04. The summed E-state index contributed by atoms with van der Waals surface area (Å²) < 4.78 is 0. The van der Waals surface area contributed by atoms with E-state index in [1.54, 1.807) is 0 Å². The molecule has 0 radical (unpaired) electrons. The van der Waals surface area contributed by atoms with Gasteiger partial charge in [0.2, 0.25) is 11.8 Å². The van der Waals surface area contributed by atoms with Gasteiger partial charge in [0.25, 0.3) is 0 Å². The van der Waals surface area contributed by atoms with Crippen LogP contribution >= 0.6 is 0 Å². The molecule has 0 bridgehead atoms. The van der Waals surface area contributed by atoms with Crippen LogP contribution in [-0.4, -0.2) is 34.3 Å². The van der Waals surface area contributed by atoms with E-state index in [1.807, 2.05) is 24.9 Å². The summed E-state index contributed by atoms with van der Waals surface area (Å²) in [6, 6.07) is 2.32. The summed E-state index contributed by atoms with van der Waals surface area (Å²) in [5, 5.41) is 3.02. The lowest BCUT2D eigenvalue weighted by Gasteiger charge is -2.34. The van der Waals surface area contributed by atoms with Gasteiger partial charge in [-0.05, 0) is 50.7 Å². The van der Waals surface area contributed by atoms with E-state index in [9.17, 15) is 9.59 Å². The van der Waals surface area contributed by atoms with Crippen LogP contribution in [0.1, 0.15) is 49.9 Å². The Morgan fingerprint density at radius 3 is 3.00 bits per heavy atom. The zero-order valence-electron chi connectivity index (χ0n) is 14.0. The minimum atomic E-state index is -0.0995. The van der Waals surface area contributed by atoms with Crippen LogP contribution < -0.4 is 5.32 Å². The minimum absolute atomic E-state index is 0.0450. The van der Waals surface area contributed by atoms with E-state index in [2.05, 4.69) is 16.4 Å². The molecule has 2 heterocycles. The minimum Gasteiger partial charge on any atom is -0.352 e. The maximum absolute atomic E-state index is 12.4. The average molecular weight is 315 g/mol. The fourth-order valence-electron chi connectivity index (χ4n) is 3.49. The van der Waals surface area contributed by atoms with Crippen molar-refractivity contribution in [3.05, 3.63) is 29.1 Å². The van der Waals surface area contributed by atoms with Crippen molar-refractivity contribution in [2.45, 2.75) is 58.5 Å². The lowest BCUT2D eigenvalue weighted by Crippen LogP contribution is -2.48. The standard InChI is InChI=1S/C18H25N3O2/c1-12(2)21-11-15(6-7-17(21)22)18(23)20-10-13-8-14-4-3-5-16(14)19-9-13/h8-9,12,15H,3-7,10-11H2,1-2H3,(H,20,23). The van der Waals surface area contributed by atoms with Crippen molar-refractivity contribution in [2.24, 2.45) is 5.92 Å². The van der Waals surface area contributed by atoms with Crippen LogP contribution in [-0.2, 0) is 29.0 Å². The van der Waals surface area contributed by atoms with Gasteiger partial charge in [0.05, 0.1) is 5.92 Å². The lowest BCUT2D eigenvalue weighted by atomic mass is 9.95. The average Bonchev–Trinajstić information content (AvgIpc) is 3.00. The number of hydrogen-bond donors (Lipinski definition) is 1. The number of nitrogens with one attached hydrogen (secondary N) is 1. The molecular formula is C18H25N3O2. The Kier molecular flexibility index (Phi) is 4.64. The van der Waals surface area contributed by atoms with Gasteiger partial charge in [0.15, 0.2) is 0 Å². The topological polar surface area (TPSA) is 62.3 Å². The van der Waals surface area contributed by atoms with Gasteiger partial charge in [0, 0.05) is 37.4 Å². The molecule has 0 saturated carbocycles. The zero-order valence-corrected chi connectivity index (χ0v) is 14.0. The van der Waals surface area contributed by atoms with Crippen LogP contribution in [0.5, 0.6) is 0 Å². The highest BCUT2D eigenvalue weighted by molar-refractivity contribution is 5.83. The van der Waals surface area contributed by atoms with Crippen molar-refractivity contribution in [1.29, 1.82) is 0 Å². The summed E-state index contributed by atoms with van der Waals surface area (Å²) in [7, 11) is 0. The summed E-state index contributed by atoms with van der Waals surface area (Å²) in [6.07, 6.45) is 6.34. The Balaban J connectivity index is 1.56. The molecule has 2 amide bonds. The molecule has 124 valence electrons. The molecule has 1 atom stereocenters. The van der Waals surface area contributed by atoms with Crippen molar-refractivity contribution in [1.82, 2.24) is 15.2 Å². The molecule has 1 aromatic rings. The molecule has 1 unspecified atom stereocenters. The van der Waals surface area contributed by atoms with Gasteiger partial charge < -0.3 is 10.2 Å². The largest absolute Gasteiger partial charge is 0.352 e. The third-order valence-corrected chi connectivity index (χ3v) is 4.88. The Morgan fingerprint density at radius 1 is 1.39 bits per heavy atom. The van der Waals surface area contributed by atoms with E-state index in [0.717, 1.165) is 18.4 Å². The van der Waals surface area contributed by atoms with Crippen LogP contribution in [0.15, 0.2) is 12.3 Å². The molecule has 3 rings (SSSR count). The normalized spacial score (nSPS) is 20.7. The first-order valence-electron chi connectivity index (χ1n) is 8.58. The van der Waals surface area contributed by atoms with Crippen LogP contribution in [0.2, 0.25) is 0 Å². The van der Waals surface area contributed by atoms with Crippen molar-refractivity contribution in [3.8, 4) is 0 Å². The molecule has 1 aromatic heterocycles. The molecule has 23 heavy (non-hydrogen) atoms.